The van der Waals surface area contributed by atoms with Crippen LogP contribution in [0.2, 0.25) is 19.6 Å². The Labute approximate surface area is 155 Å². The van der Waals surface area contributed by atoms with E-state index in [2.05, 4.69) is 104 Å². The SMILES string of the molecule is CCC[C@@H](C#C[Si](C)(C)C)N(Cc1ccccc1)Cc1ccccc1. The van der Waals surface area contributed by atoms with Crippen molar-refractivity contribution in [3.05, 3.63) is 71.8 Å². The summed E-state index contributed by atoms with van der Waals surface area (Å²) in [6.07, 6.45) is 2.28. The average molecular weight is 350 g/mol. The topological polar surface area (TPSA) is 3.24 Å². The second kappa shape index (κ2) is 9.61. The maximum Gasteiger partial charge on any atom is 0.129 e. The van der Waals surface area contributed by atoms with Gasteiger partial charge >= 0.3 is 0 Å². The molecular weight excluding hydrogens is 318 g/mol. The minimum atomic E-state index is -1.37. The van der Waals surface area contributed by atoms with Gasteiger partial charge in [-0.25, -0.2) is 0 Å². The molecule has 0 aromatic heterocycles. The largest absolute Gasteiger partial charge is 0.281 e. The molecule has 0 saturated heterocycles. The van der Waals surface area contributed by atoms with Crippen molar-refractivity contribution in [2.45, 2.75) is 58.5 Å². The number of benzene rings is 2. The molecule has 0 heterocycles. The first kappa shape index (κ1) is 19.5. The molecule has 1 nitrogen and oxygen atoms in total. The van der Waals surface area contributed by atoms with Gasteiger partial charge < -0.3 is 0 Å². The third-order valence-corrected chi connectivity index (χ3v) is 4.97. The van der Waals surface area contributed by atoms with E-state index in [-0.39, 0.29) is 0 Å². The standard InChI is InChI=1S/C23H31NSi/c1-5-12-23(17-18-25(2,3)4)24(19-21-13-8-6-9-14-21)20-22-15-10-7-11-16-22/h6-11,13-16,23H,5,12,19-20H2,1-4H3/t23-/m0/s1. The molecule has 0 radical (unpaired) electrons. The zero-order valence-corrected chi connectivity index (χ0v) is 17.1. The molecule has 0 aliphatic heterocycles. The number of hydrogen-bond acceptors (Lipinski definition) is 1. The van der Waals surface area contributed by atoms with E-state index in [0.29, 0.717) is 6.04 Å². The molecule has 0 aliphatic rings. The van der Waals surface area contributed by atoms with Crippen molar-refractivity contribution < 1.29 is 0 Å². The maximum atomic E-state index is 3.64. The van der Waals surface area contributed by atoms with Crippen molar-refractivity contribution in [2.24, 2.45) is 0 Å². The Morgan fingerprint density at radius 2 is 1.32 bits per heavy atom. The summed E-state index contributed by atoms with van der Waals surface area (Å²) in [5.74, 6) is 3.64. The lowest BCUT2D eigenvalue weighted by Crippen LogP contribution is -2.34. The summed E-state index contributed by atoms with van der Waals surface area (Å²) in [6.45, 7) is 11.1. The monoisotopic (exact) mass is 349 g/mol. The third kappa shape index (κ3) is 7.30. The molecule has 0 saturated carbocycles. The van der Waals surface area contributed by atoms with Crippen LogP contribution >= 0.6 is 0 Å². The highest BCUT2D eigenvalue weighted by molar-refractivity contribution is 6.83. The highest BCUT2D eigenvalue weighted by Gasteiger charge is 2.18. The van der Waals surface area contributed by atoms with Crippen molar-refractivity contribution in [2.75, 3.05) is 0 Å². The molecular formula is C23H31NSi. The lowest BCUT2D eigenvalue weighted by atomic mass is 10.1. The molecule has 0 aliphatic carbocycles. The number of hydrogen-bond donors (Lipinski definition) is 0. The Bertz CT molecular complexity index is 635. The van der Waals surface area contributed by atoms with Gasteiger partial charge in [0.05, 0.1) is 6.04 Å². The Morgan fingerprint density at radius 3 is 1.72 bits per heavy atom. The minimum Gasteiger partial charge on any atom is -0.281 e. The van der Waals surface area contributed by atoms with Crippen molar-refractivity contribution in [3.63, 3.8) is 0 Å². The minimum absolute atomic E-state index is 0.317. The molecule has 0 spiro atoms. The Balaban J connectivity index is 2.27. The van der Waals surface area contributed by atoms with Gasteiger partial charge in [-0.05, 0) is 17.5 Å². The van der Waals surface area contributed by atoms with Gasteiger partial charge in [0.15, 0.2) is 0 Å². The lowest BCUT2D eigenvalue weighted by molar-refractivity contribution is 0.207. The van der Waals surface area contributed by atoms with Gasteiger partial charge in [0, 0.05) is 13.1 Å². The Kier molecular flexibility index (Phi) is 7.49. The van der Waals surface area contributed by atoms with Gasteiger partial charge in [0.25, 0.3) is 0 Å². The Hall–Kier alpha value is -1.82. The Morgan fingerprint density at radius 1 is 0.840 bits per heavy atom. The van der Waals surface area contributed by atoms with E-state index in [9.17, 15) is 0 Å². The molecule has 2 aromatic carbocycles. The summed E-state index contributed by atoms with van der Waals surface area (Å²) in [4.78, 5) is 2.54. The summed E-state index contributed by atoms with van der Waals surface area (Å²) >= 11 is 0. The van der Waals surface area contributed by atoms with Crippen LogP contribution in [0, 0.1) is 11.5 Å². The molecule has 2 aromatic rings. The molecule has 0 N–H and O–H groups in total. The fourth-order valence-corrected chi connectivity index (χ4v) is 3.43. The molecule has 0 fully saturated rings. The van der Waals surface area contributed by atoms with E-state index in [1.165, 1.54) is 11.1 Å². The van der Waals surface area contributed by atoms with Crippen LogP contribution in [-0.2, 0) is 13.1 Å². The van der Waals surface area contributed by atoms with Crippen molar-refractivity contribution in [1.82, 2.24) is 4.90 Å². The van der Waals surface area contributed by atoms with E-state index in [4.69, 9.17) is 0 Å². The van der Waals surface area contributed by atoms with Gasteiger partial charge in [-0.15, -0.1) is 5.54 Å². The first-order valence-electron chi connectivity index (χ1n) is 9.32. The summed E-state index contributed by atoms with van der Waals surface area (Å²) in [6, 6.07) is 21.8. The molecule has 0 amide bonds. The zero-order chi connectivity index (χ0) is 18.1. The van der Waals surface area contributed by atoms with Gasteiger partial charge in [0.2, 0.25) is 0 Å². The van der Waals surface area contributed by atoms with Crippen molar-refractivity contribution in [3.8, 4) is 11.5 Å². The van der Waals surface area contributed by atoms with Crippen LogP contribution in [0.5, 0.6) is 0 Å². The fraction of sp³-hybridized carbons (Fsp3) is 0.391. The molecule has 25 heavy (non-hydrogen) atoms. The first-order chi connectivity index (χ1) is 12.0. The van der Waals surface area contributed by atoms with Crippen LogP contribution in [0.25, 0.3) is 0 Å². The van der Waals surface area contributed by atoms with E-state index >= 15 is 0 Å². The normalized spacial score (nSPS) is 12.5. The molecule has 132 valence electrons. The summed E-state index contributed by atoms with van der Waals surface area (Å²) < 4.78 is 0. The highest BCUT2D eigenvalue weighted by atomic mass is 28.3. The predicted molar refractivity (Wildman–Crippen MR) is 112 cm³/mol. The van der Waals surface area contributed by atoms with Crippen molar-refractivity contribution in [1.29, 1.82) is 0 Å². The first-order valence-corrected chi connectivity index (χ1v) is 12.8. The average Bonchev–Trinajstić information content (AvgIpc) is 2.59. The molecule has 1 atom stereocenters. The van der Waals surface area contributed by atoms with Crippen LogP contribution < -0.4 is 0 Å². The summed E-state index contributed by atoms with van der Waals surface area (Å²) in [5.41, 5.74) is 6.32. The van der Waals surface area contributed by atoms with Gasteiger partial charge in [-0.1, -0.05) is 99.6 Å². The number of rotatable bonds is 7. The molecule has 2 rings (SSSR count). The molecule has 0 unspecified atom stereocenters. The highest BCUT2D eigenvalue weighted by Crippen LogP contribution is 2.16. The van der Waals surface area contributed by atoms with E-state index in [0.717, 1.165) is 25.9 Å². The predicted octanol–water partition coefficient (Wildman–Crippen LogP) is 5.74. The van der Waals surface area contributed by atoms with Crippen LogP contribution in [0.3, 0.4) is 0 Å². The van der Waals surface area contributed by atoms with E-state index < -0.39 is 8.07 Å². The lowest BCUT2D eigenvalue weighted by Gasteiger charge is -2.29. The smallest absolute Gasteiger partial charge is 0.129 e. The zero-order valence-electron chi connectivity index (χ0n) is 16.1. The second-order valence-electron chi connectivity index (χ2n) is 7.70. The van der Waals surface area contributed by atoms with Gasteiger partial charge in [0.1, 0.15) is 8.07 Å². The van der Waals surface area contributed by atoms with E-state index in [1.807, 2.05) is 0 Å². The van der Waals surface area contributed by atoms with Crippen LogP contribution in [0.1, 0.15) is 30.9 Å². The second-order valence-corrected chi connectivity index (χ2v) is 12.4. The fourth-order valence-electron chi connectivity index (χ4n) is 2.83. The summed E-state index contributed by atoms with van der Waals surface area (Å²) in [7, 11) is -1.37. The number of nitrogens with zero attached hydrogens (tertiary/aromatic N) is 1. The summed E-state index contributed by atoms with van der Waals surface area (Å²) in [5, 5.41) is 0. The quantitative estimate of drug-likeness (QED) is 0.455. The maximum absolute atomic E-state index is 3.64. The van der Waals surface area contributed by atoms with E-state index in [1.54, 1.807) is 0 Å². The molecule has 0 bridgehead atoms. The molecule has 2 heteroatoms. The van der Waals surface area contributed by atoms with Crippen LogP contribution in [-0.4, -0.2) is 19.0 Å². The van der Waals surface area contributed by atoms with Crippen molar-refractivity contribution >= 4 is 8.07 Å². The van der Waals surface area contributed by atoms with Crippen LogP contribution in [0.4, 0.5) is 0 Å². The third-order valence-electron chi connectivity index (χ3n) is 4.07. The van der Waals surface area contributed by atoms with Gasteiger partial charge in [-0.2, -0.15) is 0 Å². The van der Waals surface area contributed by atoms with Crippen LogP contribution in [0.15, 0.2) is 60.7 Å². The van der Waals surface area contributed by atoms with Gasteiger partial charge in [-0.3, -0.25) is 4.90 Å².